The van der Waals surface area contributed by atoms with Gasteiger partial charge in [-0.3, -0.25) is 0 Å². The molecule has 0 amide bonds. The normalized spacial score (nSPS) is 12.1. The number of hydrogen-bond acceptors (Lipinski definition) is 1. The molecule has 0 aromatic carbocycles. The van der Waals surface area contributed by atoms with Crippen molar-refractivity contribution in [3.8, 4) is 0 Å². The van der Waals surface area contributed by atoms with Gasteiger partial charge in [-0.15, -0.1) is 6.58 Å². The molecule has 66 valence electrons. The summed E-state index contributed by atoms with van der Waals surface area (Å²) in [6.45, 7) is 3.27. The average molecular weight is 188 g/mol. The Morgan fingerprint density at radius 3 is 2.36 bits per heavy atom. The summed E-state index contributed by atoms with van der Waals surface area (Å²) in [5, 5.41) is 0. The van der Waals surface area contributed by atoms with Gasteiger partial charge in [0.25, 0.3) is 0 Å². The molecular weight excluding hydrogens is 180 g/mol. The lowest BCUT2D eigenvalue weighted by atomic mass is 10.4. The second-order valence-electron chi connectivity index (χ2n) is 1.87. The van der Waals surface area contributed by atoms with Crippen LogP contribution in [0.1, 0.15) is 0 Å². The summed E-state index contributed by atoms with van der Waals surface area (Å²) in [6, 6.07) is 0. The van der Waals surface area contributed by atoms with Gasteiger partial charge >= 0.3 is 12.3 Å². The topological polar surface area (TPSA) is 0 Å². The summed E-state index contributed by atoms with van der Waals surface area (Å²) < 4.78 is 47.0. The first-order chi connectivity index (χ1) is 5.00. The maximum atomic E-state index is 12.1. The Morgan fingerprint density at radius 2 is 2.00 bits per heavy atom. The maximum Gasteiger partial charge on any atom is 0.316 e. The smallest absolute Gasteiger partial charge is 0.204 e. The highest BCUT2D eigenvalue weighted by molar-refractivity contribution is 7.99. The van der Waals surface area contributed by atoms with E-state index in [-0.39, 0.29) is 5.75 Å². The van der Waals surface area contributed by atoms with Crippen molar-refractivity contribution in [3.05, 3.63) is 12.7 Å². The van der Waals surface area contributed by atoms with Crippen LogP contribution in [0.4, 0.5) is 17.6 Å². The van der Waals surface area contributed by atoms with Crippen LogP contribution in [0.3, 0.4) is 0 Å². The third-order valence-electron chi connectivity index (χ3n) is 0.849. The molecule has 0 aliphatic rings. The molecule has 0 aromatic heterocycles. The second-order valence-corrected chi connectivity index (χ2v) is 2.90. The van der Waals surface area contributed by atoms with E-state index < -0.39 is 18.1 Å². The van der Waals surface area contributed by atoms with Crippen molar-refractivity contribution >= 4 is 11.8 Å². The fourth-order valence-electron chi connectivity index (χ4n) is 0.341. The lowest BCUT2D eigenvalue weighted by Gasteiger charge is -2.13. The highest BCUT2D eigenvalue weighted by atomic mass is 32.2. The minimum Gasteiger partial charge on any atom is -0.204 e. The molecule has 0 aliphatic heterocycles. The molecule has 0 radical (unpaired) electrons. The predicted octanol–water partition coefficient (Wildman–Crippen LogP) is 2.81. The second kappa shape index (κ2) is 4.64. The Morgan fingerprint density at radius 1 is 1.45 bits per heavy atom. The SMILES string of the molecule is C=CCSCC(F)(F)C(F)F. The van der Waals surface area contributed by atoms with E-state index >= 15 is 0 Å². The first-order valence-corrected chi connectivity index (χ1v) is 4.01. The summed E-state index contributed by atoms with van der Waals surface area (Å²) in [5.41, 5.74) is 0. The lowest BCUT2D eigenvalue weighted by molar-refractivity contribution is -0.109. The molecule has 0 heterocycles. The Labute approximate surface area is 66.7 Å². The Hall–Kier alpha value is -0.190. The molecule has 0 unspecified atom stereocenters. The van der Waals surface area contributed by atoms with Crippen LogP contribution in [-0.2, 0) is 0 Å². The highest BCUT2D eigenvalue weighted by Crippen LogP contribution is 2.26. The minimum absolute atomic E-state index is 0.266. The molecule has 0 N–H and O–H groups in total. The van der Waals surface area contributed by atoms with E-state index in [9.17, 15) is 17.6 Å². The van der Waals surface area contributed by atoms with Gasteiger partial charge in [-0.05, 0) is 0 Å². The zero-order chi connectivity index (χ0) is 8.91. The van der Waals surface area contributed by atoms with Crippen LogP contribution in [0.2, 0.25) is 0 Å². The van der Waals surface area contributed by atoms with Crippen LogP contribution in [-0.4, -0.2) is 23.9 Å². The standard InChI is InChI=1S/C6H8F4S/c1-2-3-11-4-6(9,10)5(7)8/h2,5H,1,3-4H2. The number of alkyl halides is 4. The van der Waals surface area contributed by atoms with Crippen molar-refractivity contribution in [3.63, 3.8) is 0 Å². The van der Waals surface area contributed by atoms with Crippen LogP contribution < -0.4 is 0 Å². The molecule has 0 atom stereocenters. The van der Waals surface area contributed by atoms with Crippen LogP contribution >= 0.6 is 11.8 Å². The monoisotopic (exact) mass is 188 g/mol. The third-order valence-corrected chi connectivity index (χ3v) is 1.91. The summed E-state index contributed by atoms with van der Waals surface area (Å²) in [6.07, 6.45) is -2.17. The van der Waals surface area contributed by atoms with E-state index in [1.165, 1.54) is 6.08 Å². The largest absolute Gasteiger partial charge is 0.316 e. The van der Waals surface area contributed by atoms with Crippen molar-refractivity contribution in [2.75, 3.05) is 11.5 Å². The summed E-state index contributed by atoms with van der Waals surface area (Å²) >= 11 is 0.740. The van der Waals surface area contributed by atoms with Gasteiger partial charge < -0.3 is 0 Å². The van der Waals surface area contributed by atoms with Gasteiger partial charge in [-0.2, -0.15) is 20.5 Å². The molecule has 0 nitrogen and oxygen atoms in total. The summed E-state index contributed by atoms with van der Waals surface area (Å²) in [5.74, 6) is -4.45. The maximum absolute atomic E-state index is 12.1. The van der Waals surface area contributed by atoms with Crippen molar-refractivity contribution in [2.24, 2.45) is 0 Å². The Bertz CT molecular complexity index is 124. The summed E-state index contributed by atoms with van der Waals surface area (Å²) in [7, 11) is 0. The van der Waals surface area contributed by atoms with Gasteiger partial charge in [-0.25, -0.2) is 8.78 Å². The average Bonchev–Trinajstić information content (AvgIpc) is 1.88. The minimum atomic E-state index is -3.87. The molecule has 0 rings (SSSR count). The highest BCUT2D eigenvalue weighted by Gasteiger charge is 2.40. The van der Waals surface area contributed by atoms with Gasteiger partial charge in [0.15, 0.2) is 0 Å². The molecule has 0 fully saturated rings. The Balaban J connectivity index is 3.63. The van der Waals surface area contributed by atoms with E-state index in [2.05, 4.69) is 6.58 Å². The van der Waals surface area contributed by atoms with Gasteiger partial charge in [0.05, 0.1) is 5.75 Å². The lowest BCUT2D eigenvalue weighted by Crippen LogP contribution is -2.29. The number of rotatable bonds is 5. The molecule has 0 bridgehead atoms. The first kappa shape index (κ1) is 10.8. The predicted molar refractivity (Wildman–Crippen MR) is 38.5 cm³/mol. The fraction of sp³-hybridized carbons (Fsp3) is 0.667. The zero-order valence-electron chi connectivity index (χ0n) is 5.70. The van der Waals surface area contributed by atoms with Crippen LogP contribution in [0.25, 0.3) is 0 Å². The van der Waals surface area contributed by atoms with E-state index in [0.29, 0.717) is 0 Å². The van der Waals surface area contributed by atoms with Crippen molar-refractivity contribution in [1.29, 1.82) is 0 Å². The van der Waals surface area contributed by atoms with Gasteiger partial charge in [-0.1, -0.05) is 6.08 Å². The van der Waals surface area contributed by atoms with Crippen LogP contribution in [0.15, 0.2) is 12.7 Å². The molecule has 0 aromatic rings. The van der Waals surface area contributed by atoms with Crippen molar-refractivity contribution in [2.45, 2.75) is 12.3 Å². The van der Waals surface area contributed by atoms with Crippen LogP contribution in [0, 0.1) is 0 Å². The Kier molecular flexibility index (Phi) is 4.56. The van der Waals surface area contributed by atoms with Crippen LogP contribution in [0.5, 0.6) is 0 Å². The third kappa shape index (κ3) is 4.29. The summed E-state index contributed by atoms with van der Waals surface area (Å²) in [4.78, 5) is 0. The first-order valence-electron chi connectivity index (χ1n) is 2.85. The molecule has 5 heteroatoms. The molecule has 11 heavy (non-hydrogen) atoms. The van der Waals surface area contributed by atoms with Crippen molar-refractivity contribution in [1.82, 2.24) is 0 Å². The molecule has 0 saturated carbocycles. The van der Waals surface area contributed by atoms with Gasteiger partial charge in [0.1, 0.15) is 0 Å². The van der Waals surface area contributed by atoms with E-state index in [0.717, 1.165) is 11.8 Å². The van der Waals surface area contributed by atoms with Gasteiger partial charge in [0, 0.05) is 5.75 Å². The molecular formula is C6H8F4S. The molecule has 0 saturated heterocycles. The number of thioether (sulfide) groups is 1. The number of hydrogen-bond donors (Lipinski definition) is 0. The zero-order valence-corrected chi connectivity index (χ0v) is 6.51. The number of halogens is 4. The van der Waals surface area contributed by atoms with E-state index in [1.54, 1.807) is 0 Å². The molecule has 0 spiro atoms. The molecule has 0 aliphatic carbocycles. The van der Waals surface area contributed by atoms with Crippen molar-refractivity contribution < 1.29 is 17.6 Å². The van der Waals surface area contributed by atoms with E-state index in [1.807, 2.05) is 0 Å². The fourth-order valence-corrected chi connectivity index (χ4v) is 1.02. The van der Waals surface area contributed by atoms with E-state index in [4.69, 9.17) is 0 Å². The van der Waals surface area contributed by atoms with Gasteiger partial charge in [0.2, 0.25) is 0 Å². The quantitative estimate of drug-likeness (QED) is 0.363.